The number of benzene rings is 1. The zero-order valence-corrected chi connectivity index (χ0v) is 13.4. The summed E-state index contributed by atoms with van der Waals surface area (Å²) in [6.45, 7) is 2.68. The van der Waals surface area contributed by atoms with Gasteiger partial charge in [0.1, 0.15) is 0 Å². The van der Waals surface area contributed by atoms with Crippen molar-refractivity contribution in [1.82, 2.24) is 4.90 Å². The molecule has 108 valence electrons. The van der Waals surface area contributed by atoms with Crippen molar-refractivity contribution in [2.24, 2.45) is 5.41 Å². The van der Waals surface area contributed by atoms with E-state index in [1.165, 1.54) is 0 Å². The third kappa shape index (κ3) is 3.23. The van der Waals surface area contributed by atoms with Gasteiger partial charge in [-0.1, -0.05) is 12.1 Å². The third-order valence-corrected chi connectivity index (χ3v) is 4.73. The Hall–Kier alpha value is -1.31. The summed E-state index contributed by atoms with van der Waals surface area (Å²) in [7, 11) is 0. The average Bonchev–Trinajstić information content (AvgIpc) is 2.42. The van der Waals surface area contributed by atoms with Crippen LogP contribution in [-0.4, -0.2) is 35.1 Å². The maximum atomic E-state index is 12.2. The Kier molecular flexibility index (Phi) is 4.52. The number of para-hydroxylation sites is 1. The number of nitrogens with zero attached hydrogens (tertiary/aromatic N) is 1. The summed E-state index contributed by atoms with van der Waals surface area (Å²) in [5.74, 6) is -0.782. The molecule has 6 heteroatoms. The number of carboxylic acid groups (broad SMARTS) is 1. The van der Waals surface area contributed by atoms with Crippen molar-refractivity contribution in [3.8, 4) is 0 Å². The highest BCUT2D eigenvalue weighted by atomic mass is 127. The fraction of sp³-hybridized carbons (Fsp3) is 0.429. The maximum Gasteiger partial charge on any atom is 0.321 e. The first-order valence-corrected chi connectivity index (χ1v) is 7.54. The highest BCUT2D eigenvalue weighted by Gasteiger charge is 2.38. The van der Waals surface area contributed by atoms with Gasteiger partial charge in [-0.15, -0.1) is 0 Å². The fourth-order valence-corrected chi connectivity index (χ4v) is 2.70. The van der Waals surface area contributed by atoms with Gasteiger partial charge in [-0.05, 0) is 54.5 Å². The Bertz CT molecular complexity index is 525. The average molecular weight is 388 g/mol. The van der Waals surface area contributed by atoms with Gasteiger partial charge in [-0.2, -0.15) is 0 Å². The number of carbonyl (C=O) groups excluding carboxylic acids is 1. The molecular formula is C14H17IN2O3. The Morgan fingerprint density at radius 3 is 2.45 bits per heavy atom. The minimum atomic E-state index is -0.782. The Labute approximate surface area is 131 Å². The summed E-state index contributed by atoms with van der Waals surface area (Å²) in [6.07, 6.45) is 0.975. The number of anilines is 1. The van der Waals surface area contributed by atoms with E-state index < -0.39 is 11.4 Å². The number of hydrogen-bond acceptors (Lipinski definition) is 2. The van der Waals surface area contributed by atoms with Gasteiger partial charge >= 0.3 is 12.0 Å². The van der Waals surface area contributed by atoms with E-state index in [-0.39, 0.29) is 6.03 Å². The monoisotopic (exact) mass is 388 g/mol. The van der Waals surface area contributed by atoms with Gasteiger partial charge in [0.15, 0.2) is 0 Å². The lowest BCUT2D eigenvalue weighted by Crippen LogP contribution is -2.46. The summed E-state index contributed by atoms with van der Waals surface area (Å²) in [5, 5.41) is 12.0. The van der Waals surface area contributed by atoms with Crippen molar-refractivity contribution in [3.63, 3.8) is 0 Å². The number of likely N-dealkylation sites (tertiary alicyclic amines) is 1. The number of rotatable bonds is 2. The second-order valence-corrected chi connectivity index (χ2v) is 6.43. The highest BCUT2D eigenvalue weighted by molar-refractivity contribution is 14.1. The van der Waals surface area contributed by atoms with E-state index >= 15 is 0 Å². The maximum absolute atomic E-state index is 12.2. The van der Waals surface area contributed by atoms with E-state index in [0.717, 1.165) is 9.26 Å². The molecule has 5 nitrogen and oxygen atoms in total. The molecule has 0 saturated carbocycles. The summed E-state index contributed by atoms with van der Waals surface area (Å²) in [4.78, 5) is 25.0. The molecule has 0 radical (unpaired) electrons. The normalized spacial score (nSPS) is 17.6. The van der Waals surface area contributed by atoms with Gasteiger partial charge in [-0.25, -0.2) is 4.79 Å². The number of urea groups is 1. The van der Waals surface area contributed by atoms with Gasteiger partial charge in [0.05, 0.1) is 11.1 Å². The lowest BCUT2D eigenvalue weighted by atomic mass is 9.80. The molecular weight excluding hydrogens is 371 g/mol. The van der Waals surface area contributed by atoms with Gasteiger partial charge < -0.3 is 15.3 Å². The summed E-state index contributed by atoms with van der Waals surface area (Å²) in [6, 6.07) is 7.40. The Morgan fingerprint density at radius 2 is 1.90 bits per heavy atom. The first-order chi connectivity index (χ1) is 9.42. The van der Waals surface area contributed by atoms with E-state index in [9.17, 15) is 14.7 Å². The van der Waals surface area contributed by atoms with Crippen LogP contribution in [0.3, 0.4) is 0 Å². The zero-order chi connectivity index (χ0) is 14.8. The number of halogens is 1. The minimum absolute atomic E-state index is 0.165. The van der Waals surface area contributed by atoms with Crippen LogP contribution in [0.2, 0.25) is 0 Å². The van der Waals surface area contributed by atoms with Crippen molar-refractivity contribution in [3.05, 3.63) is 27.8 Å². The summed E-state index contributed by atoms with van der Waals surface area (Å²) >= 11 is 2.17. The van der Waals surface area contributed by atoms with Crippen molar-refractivity contribution in [1.29, 1.82) is 0 Å². The first-order valence-electron chi connectivity index (χ1n) is 6.46. The van der Waals surface area contributed by atoms with Crippen LogP contribution in [0.1, 0.15) is 19.8 Å². The van der Waals surface area contributed by atoms with Crippen LogP contribution < -0.4 is 5.32 Å². The molecule has 0 atom stereocenters. The quantitative estimate of drug-likeness (QED) is 0.766. The van der Waals surface area contributed by atoms with E-state index in [2.05, 4.69) is 27.9 Å². The number of piperidine rings is 1. The molecule has 0 aromatic heterocycles. The largest absolute Gasteiger partial charge is 0.481 e. The second-order valence-electron chi connectivity index (χ2n) is 5.26. The smallest absolute Gasteiger partial charge is 0.321 e. The molecule has 0 spiro atoms. The topological polar surface area (TPSA) is 69.6 Å². The Balaban J connectivity index is 1.96. The number of aliphatic carboxylic acids is 1. The molecule has 0 aliphatic carbocycles. The molecule has 1 aliphatic rings. The van der Waals surface area contributed by atoms with E-state index in [1.54, 1.807) is 11.8 Å². The van der Waals surface area contributed by atoms with Crippen LogP contribution in [0.15, 0.2) is 24.3 Å². The SMILES string of the molecule is CC1(C(=O)O)CCN(C(=O)Nc2ccccc2I)CC1. The molecule has 2 rings (SSSR count). The van der Waals surface area contributed by atoms with Crippen molar-refractivity contribution in [2.75, 3.05) is 18.4 Å². The predicted octanol–water partition coefficient (Wildman–Crippen LogP) is 3.01. The number of amides is 2. The van der Waals surface area contributed by atoms with E-state index in [4.69, 9.17) is 0 Å². The molecule has 1 aliphatic heterocycles. The lowest BCUT2D eigenvalue weighted by molar-refractivity contribution is -0.150. The van der Waals surface area contributed by atoms with E-state index in [1.807, 2.05) is 24.3 Å². The van der Waals surface area contributed by atoms with Gasteiger partial charge in [0.2, 0.25) is 0 Å². The Morgan fingerprint density at radius 1 is 1.30 bits per heavy atom. The molecule has 0 bridgehead atoms. The van der Waals surface area contributed by atoms with Crippen LogP contribution in [0, 0.1) is 8.99 Å². The molecule has 1 aromatic carbocycles. The van der Waals surface area contributed by atoms with Crippen molar-refractivity contribution < 1.29 is 14.7 Å². The summed E-state index contributed by atoms with van der Waals surface area (Å²) < 4.78 is 0.978. The van der Waals surface area contributed by atoms with Crippen LogP contribution >= 0.6 is 22.6 Å². The third-order valence-electron chi connectivity index (χ3n) is 3.79. The van der Waals surface area contributed by atoms with Crippen molar-refractivity contribution >= 4 is 40.3 Å². The zero-order valence-electron chi connectivity index (χ0n) is 11.2. The van der Waals surface area contributed by atoms with Gasteiger partial charge in [0, 0.05) is 16.7 Å². The van der Waals surface area contributed by atoms with Crippen LogP contribution in [0.4, 0.5) is 10.5 Å². The summed E-state index contributed by atoms with van der Waals surface area (Å²) in [5.41, 5.74) is 0.0717. The number of hydrogen-bond donors (Lipinski definition) is 2. The van der Waals surface area contributed by atoms with Gasteiger partial charge in [0.25, 0.3) is 0 Å². The fourth-order valence-electron chi connectivity index (χ4n) is 2.17. The van der Waals surface area contributed by atoms with Gasteiger partial charge in [-0.3, -0.25) is 4.79 Å². The first kappa shape index (κ1) is 15.1. The van der Waals surface area contributed by atoms with Crippen LogP contribution in [0.5, 0.6) is 0 Å². The molecule has 1 heterocycles. The predicted molar refractivity (Wildman–Crippen MR) is 84.7 cm³/mol. The molecule has 20 heavy (non-hydrogen) atoms. The van der Waals surface area contributed by atoms with Crippen molar-refractivity contribution in [2.45, 2.75) is 19.8 Å². The van der Waals surface area contributed by atoms with Crippen LogP contribution in [-0.2, 0) is 4.79 Å². The molecule has 0 unspecified atom stereocenters. The highest BCUT2D eigenvalue weighted by Crippen LogP contribution is 2.31. The second kappa shape index (κ2) is 5.99. The number of carboxylic acids is 1. The number of carbonyl (C=O) groups is 2. The minimum Gasteiger partial charge on any atom is -0.481 e. The van der Waals surface area contributed by atoms with E-state index in [0.29, 0.717) is 25.9 Å². The number of nitrogens with one attached hydrogen (secondary N) is 1. The molecule has 1 fully saturated rings. The molecule has 2 amide bonds. The molecule has 1 saturated heterocycles. The molecule has 1 aromatic rings. The standard InChI is InChI=1S/C14H17IN2O3/c1-14(12(18)19)6-8-17(9-7-14)13(20)16-11-5-3-2-4-10(11)15/h2-5H,6-9H2,1H3,(H,16,20)(H,18,19). The van der Waals surface area contributed by atoms with Crippen LogP contribution in [0.25, 0.3) is 0 Å². The molecule has 2 N–H and O–H groups in total. The lowest BCUT2D eigenvalue weighted by Gasteiger charge is -2.36.